The molecule has 0 bridgehead atoms. The van der Waals surface area contributed by atoms with Gasteiger partial charge in [0.25, 0.3) is 0 Å². The molecule has 142 valence electrons. The van der Waals surface area contributed by atoms with Gasteiger partial charge >= 0.3 is 17.1 Å². The lowest BCUT2D eigenvalue weighted by Gasteiger charge is -2.22. The molecule has 0 aliphatic rings. The van der Waals surface area contributed by atoms with Gasteiger partial charge in [-0.2, -0.15) is 13.2 Å². The maximum atomic E-state index is 13.8. The molecule has 0 fully saturated rings. The SMILES string of the molecule is O=C(OCCOc1cccc2ccccc12)C(F)(SOOO)C(F)(F)F. The third-order valence-corrected chi connectivity index (χ3v) is 3.89. The number of esters is 1. The maximum Gasteiger partial charge on any atom is 0.446 e. The van der Waals surface area contributed by atoms with Gasteiger partial charge < -0.3 is 9.47 Å². The highest BCUT2D eigenvalue weighted by molar-refractivity contribution is 7.96. The molecule has 0 radical (unpaired) electrons. The Hall–Kier alpha value is -2.08. The number of benzene rings is 2. The monoisotopic (exact) mass is 396 g/mol. The fraction of sp³-hybridized carbons (Fsp3) is 0.267. The Morgan fingerprint density at radius 1 is 1.04 bits per heavy atom. The third kappa shape index (κ3) is 4.55. The average Bonchev–Trinajstić information content (AvgIpc) is 2.62. The minimum Gasteiger partial charge on any atom is -0.489 e. The van der Waals surface area contributed by atoms with Gasteiger partial charge in [0.15, 0.2) is 0 Å². The number of rotatable bonds is 8. The van der Waals surface area contributed by atoms with Crippen LogP contribution in [0.15, 0.2) is 42.5 Å². The van der Waals surface area contributed by atoms with Crippen molar-refractivity contribution < 1.29 is 46.5 Å². The van der Waals surface area contributed by atoms with Crippen molar-refractivity contribution in [1.82, 2.24) is 0 Å². The summed E-state index contributed by atoms with van der Waals surface area (Å²) in [6.45, 7) is -0.958. The Kier molecular flexibility index (Phi) is 6.64. The Balaban J connectivity index is 1.94. The van der Waals surface area contributed by atoms with E-state index >= 15 is 0 Å². The van der Waals surface area contributed by atoms with E-state index < -0.39 is 35.8 Å². The maximum absolute atomic E-state index is 13.8. The predicted octanol–water partition coefficient (Wildman–Crippen LogP) is 4.06. The summed E-state index contributed by atoms with van der Waals surface area (Å²) in [6, 6.07) is 12.4. The Bertz CT molecular complexity index is 751. The van der Waals surface area contributed by atoms with Crippen LogP contribution in [0.3, 0.4) is 0 Å². The van der Waals surface area contributed by atoms with Crippen molar-refractivity contribution in [2.45, 2.75) is 11.2 Å². The first-order valence-electron chi connectivity index (χ1n) is 6.99. The summed E-state index contributed by atoms with van der Waals surface area (Å²) in [5, 5.41) is 7.80. The van der Waals surface area contributed by atoms with Crippen LogP contribution in [-0.4, -0.2) is 35.6 Å². The summed E-state index contributed by atoms with van der Waals surface area (Å²) in [5.41, 5.74) is 0. The van der Waals surface area contributed by atoms with E-state index in [0.717, 1.165) is 10.8 Å². The minimum atomic E-state index is -5.66. The number of hydrogen-bond donors (Lipinski definition) is 1. The number of ether oxygens (including phenoxy) is 2. The van der Waals surface area contributed by atoms with Crippen LogP contribution in [-0.2, 0) is 18.9 Å². The molecule has 1 unspecified atom stereocenters. The molecule has 0 amide bonds. The van der Waals surface area contributed by atoms with Gasteiger partial charge in [-0.1, -0.05) is 41.4 Å². The molecule has 0 saturated heterocycles. The topological polar surface area (TPSA) is 74.2 Å². The number of alkyl halides is 4. The van der Waals surface area contributed by atoms with Crippen LogP contribution in [0.4, 0.5) is 17.6 Å². The highest BCUT2D eigenvalue weighted by Gasteiger charge is 2.66. The van der Waals surface area contributed by atoms with Gasteiger partial charge in [0.05, 0.1) is 12.0 Å². The predicted molar refractivity (Wildman–Crippen MR) is 82.7 cm³/mol. The highest BCUT2D eigenvalue weighted by atomic mass is 32.2. The van der Waals surface area contributed by atoms with E-state index in [1.54, 1.807) is 24.3 Å². The van der Waals surface area contributed by atoms with E-state index in [-0.39, 0.29) is 6.61 Å². The van der Waals surface area contributed by atoms with Crippen LogP contribution in [0.5, 0.6) is 5.75 Å². The van der Waals surface area contributed by atoms with Gasteiger partial charge in [-0.25, -0.2) is 14.4 Å². The Morgan fingerprint density at radius 2 is 1.73 bits per heavy atom. The summed E-state index contributed by atoms with van der Waals surface area (Å²) in [4.78, 5) is 11.4. The second kappa shape index (κ2) is 8.54. The van der Waals surface area contributed by atoms with Crippen molar-refractivity contribution >= 4 is 28.8 Å². The molecule has 6 nitrogen and oxygen atoms in total. The molecule has 0 aromatic heterocycles. The standard InChI is InChI=1S/C15H12F4O6S/c16-14(15(17,18)19,26-25-24-21)13(20)23-9-8-22-12-7-3-5-10-4-1-2-6-11(10)12/h1-7,21H,8-9H2. The molecule has 0 heterocycles. The molecular weight excluding hydrogens is 384 g/mol. The van der Waals surface area contributed by atoms with Crippen LogP contribution in [0.2, 0.25) is 0 Å². The smallest absolute Gasteiger partial charge is 0.446 e. The molecule has 1 atom stereocenters. The zero-order chi connectivity index (χ0) is 19.2. The summed E-state index contributed by atoms with van der Waals surface area (Å²) in [7, 11) is 0. The molecule has 1 N–H and O–H groups in total. The normalized spacial score (nSPS) is 14.0. The third-order valence-electron chi connectivity index (χ3n) is 3.13. The van der Waals surface area contributed by atoms with Crippen LogP contribution in [0, 0.1) is 0 Å². The molecule has 2 rings (SSSR count). The summed E-state index contributed by atoms with van der Waals surface area (Å²) < 4.78 is 64.9. The summed E-state index contributed by atoms with van der Waals surface area (Å²) in [6.07, 6.45) is -5.66. The molecule has 26 heavy (non-hydrogen) atoms. The Labute approximate surface area is 148 Å². The van der Waals surface area contributed by atoms with Gasteiger partial charge in [-0.05, 0) is 11.5 Å². The van der Waals surface area contributed by atoms with E-state index in [2.05, 4.69) is 14.1 Å². The van der Waals surface area contributed by atoms with Crippen molar-refractivity contribution in [3.63, 3.8) is 0 Å². The minimum absolute atomic E-state index is 0.310. The fourth-order valence-electron chi connectivity index (χ4n) is 1.96. The van der Waals surface area contributed by atoms with Crippen LogP contribution in [0.1, 0.15) is 0 Å². The first-order valence-corrected chi connectivity index (χ1v) is 7.73. The second-order valence-corrected chi connectivity index (χ2v) is 5.65. The van der Waals surface area contributed by atoms with Crippen LogP contribution in [0.25, 0.3) is 10.8 Å². The number of carbonyl (C=O) groups is 1. The molecular formula is C15H12F4O6S. The van der Waals surface area contributed by atoms with E-state index in [1.807, 2.05) is 18.2 Å². The number of carbonyl (C=O) groups excluding carboxylic acids is 1. The number of hydrogen-bond acceptors (Lipinski definition) is 7. The van der Waals surface area contributed by atoms with Crippen molar-refractivity contribution in [2.75, 3.05) is 13.2 Å². The van der Waals surface area contributed by atoms with E-state index in [1.165, 1.54) is 0 Å². The van der Waals surface area contributed by atoms with Crippen LogP contribution >= 0.6 is 12.0 Å². The van der Waals surface area contributed by atoms with Crippen molar-refractivity contribution in [3.05, 3.63) is 42.5 Å². The largest absolute Gasteiger partial charge is 0.489 e. The van der Waals surface area contributed by atoms with Crippen molar-refractivity contribution in [3.8, 4) is 5.75 Å². The molecule has 0 saturated carbocycles. The number of halogens is 4. The van der Waals surface area contributed by atoms with E-state index in [0.29, 0.717) is 5.75 Å². The fourth-order valence-corrected chi connectivity index (χ4v) is 2.31. The van der Waals surface area contributed by atoms with Gasteiger partial charge in [-0.15, -0.1) is 4.33 Å². The highest BCUT2D eigenvalue weighted by Crippen LogP contribution is 2.44. The molecule has 11 heteroatoms. The molecule has 0 spiro atoms. The lowest BCUT2D eigenvalue weighted by molar-refractivity contribution is -0.433. The zero-order valence-corrected chi connectivity index (χ0v) is 13.7. The molecule has 0 aliphatic heterocycles. The molecule has 0 aliphatic carbocycles. The second-order valence-electron chi connectivity index (χ2n) is 4.78. The van der Waals surface area contributed by atoms with Gasteiger partial charge in [-0.3, -0.25) is 0 Å². The first-order chi connectivity index (χ1) is 12.3. The van der Waals surface area contributed by atoms with Gasteiger partial charge in [0, 0.05) is 5.39 Å². The van der Waals surface area contributed by atoms with E-state index in [9.17, 15) is 22.4 Å². The number of fused-ring (bicyclic) bond motifs is 1. The first kappa shape index (κ1) is 20.2. The van der Waals surface area contributed by atoms with Crippen molar-refractivity contribution in [2.24, 2.45) is 0 Å². The van der Waals surface area contributed by atoms with Gasteiger partial charge in [0.2, 0.25) is 0 Å². The average molecular weight is 396 g/mol. The zero-order valence-electron chi connectivity index (χ0n) is 12.9. The van der Waals surface area contributed by atoms with Gasteiger partial charge in [0.1, 0.15) is 19.0 Å². The summed E-state index contributed by atoms with van der Waals surface area (Å²) in [5.74, 6) is -1.85. The lowest BCUT2D eigenvalue weighted by Crippen LogP contribution is -2.46. The van der Waals surface area contributed by atoms with Crippen LogP contribution < -0.4 is 4.74 Å². The van der Waals surface area contributed by atoms with E-state index in [4.69, 9.17) is 9.99 Å². The lowest BCUT2D eigenvalue weighted by atomic mass is 10.1. The summed E-state index contributed by atoms with van der Waals surface area (Å²) >= 11 is -1.08. The van der Waals surface area contributed by atoms with Crippen molar-refractivity contribution in [1.29, 1.82) is 0 Å². The quantitative estimate of drug-likeness (QED) is 0.180. The molecule has 2 aromatic carbocycles. The Morgan fingerprint density at radius 3 is 2.42 bits per heavy atom. The molecule has 2 aromatic rings.